The molecule has 0 saturated heterocycles. The summed E-state index contributed by atoms with van der Waals surface area (Å²) in [4.78, 5) is 73.0. The Labute approximate surface area is 619 Å². The third-order valence-electron chi connectivity index (χ3n) is 19.5. The summed E-state index contributed by atoms with van der Waals surface area (Å²) in [5, 5.41) is 10.6. The van der Waals surface area contributed by atoms with E-state index in [1.165, 1.54) is 238 Å². The summed E-state index contributed by atoms with van der Waals surface area (Å²) in [6.45, 7) is 12.0. The molecule has 3 unspecified atom stereocenters. The Morgan fingerprint density at radius 2 is 0.505 bits per heavy atom. The van der Waals surface area contributed by atoms with Crippen LogP contribution in [0.2, 0.25) is 0 Å². The highest BCUT2D eigenvalue weighted by Gasteiger charge is 2.30. The molecule has 0 aromatic rings. The van der Waals surface area contributed by atoms with Crippen LogP contribution in [0.1, 0.15) is 427 Å². The van der Waals surface area contributed by atoms with E-state index in [9.17, 15) is 43.2 Å². The minimum atomic E-state index is -4.96. The molecule has 0 rings (SSSR count). The Bertz CT molecular complexity index is 1960. The van der Waals surface area contributed by atoms with Crippen molar-refractivity contribution in [3.05, 3.63) is 0 Å². The number of aliphatic hydroxyl groups excluding tert-OH is 1. The summed E-state index contributed by atoms with van der Waals surface area (Å²) < 4.78 is 68.7. The third-order valence-corrected chi connectivity index (χ3v) is 21.4. The summed E-state index contributed by atoms with van der Waals surface area (Å²) in [6.07, 6.45) is 61.1. The van der Waals surface area contributed by atoms with Crippen LogP contribution in [0, 0.1) is 17.8 Å². The normalized spacial score (nSPS) is 14.2. The molecular formula is C82H160O17P2. The predicted octanol–water partition coefficient (Wildman–Crippen LogP) is 24.5. The first-order chi connectivity index (χ1) is 48.8. The lowest BCUT2D eigenvalue weighted by molar-refractivity contribution is -0.161. The lowest BCUT2D eigenvalue weighted by Crippen LogP contribution is -2.30. The molecule has 19 heteroatoms. The number of rotatable bonds is 80. The van der Waals surface area contributed by atoms with E-state index in [0.29, 0.717) is 25.7 Å². The second-order valence-corrected chi connectivity index (χ2v) is 33.6. The first-order valence-corrected chi connectivity index (χ1v) is 45.4. The SMILES string of the molecule is CCCCCCCCCCCCC(=O)OC[C@H](COP(=O)(O)OC[C@H](O)COP(=O)(O)OC[C@@H](COC(=O)CCCCCCCCCCCCCCCCC(C)C)OC(=O)CCCCCCCCCCCCCCCCCCCCC(C)CC)OC(=O)CCCCCCCCCCCC(C)C. The standard InChI is InChI=1S/C82H160O17P2/c1-8-10-11-12-13-14-35-42-49-56-63-79(84)92-69-78(99-82(87)66-59-52-45-38-31-33-40-47-54-61-74(5)6)72-97-101(90,91)95-68-76(83)67-94-100(88,89)96-71-77(70-93-80(85)64-57-50-43-36-29-25-22-21-23-27-32-39-46-53-60-73(3)4)98-81(86)65-58-51-44-37-30-26-20-18-16-15-17-19-24-28-34-41-48-55-62-75(7)9-2/h73-78,83H,8-72H2,1-7H3,(H,88,89)(H,90,91)/t75?,76-,77-,78-/m1/s1. The maximum absolute atomic E-state index is 13.1. The summed E-state index contributed by atoms with van der Waals surface area (Å²) in [5.41, 5.74) is 0. The van der Waals surface area contributed by atoms with Crippen molar-refractivity contribution in [2.75, 3.05) is 39.6 Å². The van der Waals surface area contributed by atoms with Gasteiger partial charge in [0.2, 0.25) is 0 Å². The highest BCUT2D eigenvalue weighted by molar-refractivity contribution is 7.47. The molecule has 17 nitrogen and oxygen atoms in total. The van der Waals surface area contributed by atoms with E-state index >= 15 is 0 Å². The molecule has 0 aromatic carbocycles. The second kappa shape index (κ2) is 72.3. The van der Waals surface area contributed by atoms with E-state index in [1.54, 1.807) is 0 Å². The maximum Gasteiger partial charge on any atom is 0.472 e. The molecule has 0 aliphatic carbocycles. The number of unbranched alkanes of at least 4 members (excludes halogenated alkanes) is 47. The number of carbonyl (C=O) groups excluding carboxylic acids is 4. The van der Waals surface area contributed by atoms with Gasteiger partial charge in [-0.3, -0.25) is 37.3 Å². The van der Waals surface area contributed by atoms with Gasteiger partial charge in [0.25, 0.3) is 0 Å². The van der Waals surface area contributed by atoms with Crippen molar-refractivity contribution in [1.29, 1.82) is 0 Å². The van der Waals surface area contributed by atoms with Gasteiger partial charge in [0.15, 0.2) is 12.2 Å². The summed E-state index contributed by atoms with van der Waals surface area (Å²) in [7, 11) is -9.92. The van der Waals surface area contributed by atoms with Crippen LogP contribution in [0.5, 0.6) is 0 Å². The van der Waals surface area contributed by atoms with Crippen LogP contribution in [0.25, 0.3) is 0 Å². The van der Waals surface area contributed by atoms with Crippen molar-refractivity contribution in [3.8, 4) is 0 Å². The number of phosphoric acid groups is 2. The summed E-state index contributed by atoms with van der Waals surface area (Å²) >= 11 is 0. The van der Waals surface area contributed by atoms with E-state index < -0.39 is 97.5 Å². The molecule has 101 heavy (non-hydrogen) atoms. The van der Waals surface area contributed by atoms with Crippen molar-refractivity contribution < 1.29 is 80.2 Å². The first kappa shape index (κ1) is 99.1. The molecule has 6 atom stereocenters. The number of phosphoric ester groups is 2. The van der Waals surface area contributed by atoms with Crippen LogP contribution in [0.15, 0.2) is 0 Å². The molecule has 0 amide bonds. The molecule has 0 aliphatic heterocycles. The van der Waals surface area contributed by atoms with Gasteiger partial charge >= 0.3 is 39.5 Å². The largest absolute Gasteiger partial charge is 0.472 e. The van der Waals surface area contributed by atoms with Crippen molar-refractivity contribution in [2.24, 2.45) is 17.8 Å². The third kappa shape index (κ3) is 74.7. The Balaban J connectivity index is 5.21. The van der Waals surface area contributed by atoms with Crippen molar-refractivity contribution in [3.63, 3.8) is 0 Å². The summed E-state index contributed by atoms with van der Waals surface area (Å²) in [5.74, 6) is 0.296. The van der Waals surface area contributed by atoms with Gasteiger partial charge in [0, 0.05) is 25.7 Å². The fraction of sp³-hybridized carbons (Fsp3) is 0.951. The van der Waals surface area contributed by atoms with E-state index in [1.807, 2.05) is 0 Å². The van der Waals surface area contributed by atoms with Gasteiger partial charge in [0.1, 0.15) is 19.3 Å². The van der Waals surface area contributed by atoms with Crippen LogP contribution in [0.3, 0.4) is 0 Å². The fourth-order valence-corrected chi connectivity index (χ4v) is 14.2. The Morgan fingerprint density at radius 1 is 0.287 bits per heavy atom. The summed E-state index contributed by atoms with van der Waals surface area (Å²) in [6, 6.07) is 0. The van der Waals surface area contributed by atoms with E-state index in [2.05, 4.69) is 48.5 Å². The smallest absolute Gasteiger partial charge is 0.462 e. The molecule has 0 bridgehead atoms. The molecule has 0 fully saturated rings. The van der Waals surface area contributed by atoms with Crippen LogP contribution >= 0.6 is 15.6 Å². The number of ether oxygens (including phenoxy) is 4. The zero-order chi connectivity index (χ0) is 74.4. The highest BCUT2D eigenvalue weighted by atomic mass is 31.2. The van der Waals surface area contributed by atoms with Crippen LogP contribution in [-0.2, 0) is 65.4 Å². The average molecular weight is 1480 g/mol. The molecule has 0 saturated carbocycles. The molecular weight excluding hydrogens is 1320 g/mol. The number of esters is 4. The lowest BCUT2D eigenvalue weighted by Gasteiger charge is -2.21. The van der Waals surface area contributed by atoms with Crippen LogP contribution < -0.4 is 0 Å². The molecule has 0 spiro atoms. The number of hydrogen-bond acceptors (Lipinski definition) is 15. The number of carbonyl (C=O) groups is 4. The van der Waals surface area contributed by atoms with Crippen molar-refractivity contribution >= 4 is 39.5 Å². The van der Waals surface area contributed by atoms with Gasteiger partial charge in [-0.1, -0.05) is 376 Å². The average Bonchev–Trinajstić information content (AvgIpc) is 1.04. The van der Waals surface area contributed by atoms with Gasteiger partial charge in [-0.15, -0.1) is 0 Å². The number of aliphatic hydroxyl groups is 1. The predicted molar refractivity (Wildman–Crippen MR) is 414 cm³/mol. The molecule has 0 aromatic heterocycles. The number of hydrogen-bond donors (Lipinski definition) is 3. The Morgan fingerprint density at radius 3 is 0.752 bits per heavy atom. The van der Waals surface area contributed by atoms with Gasteiger partial charge in [-0.05, 0) is 43.4 Å². The quantitative estimate of drug-likeness (QED) is 0.0222. The minimum Gasteiger partial charge on any atom is -0.462 e. The van der Waals surface area contributed by atoms with E-state index in [4.69, 9.17) is 37.0 Å². The molecule has 600 valence electrons. The van der Waals surface area contributed by atoms with Crippen LogP contribution in [0.4, 0.5) is 0 Å². The fourth-order valence-electron chi connectivity index (χ4n) is 12.6. The van der Waals surface area contributed by atoms with Gasteiger partial charge in [0.05, 0.1) is 26.4 Å². The zero-order valence-electron chi connectivity index (χ0n) is 66.4. The van der Waals surface area contributed by atoms with Gasteiger partial charge in [-0.25, -0.2) is 9.13 Å². The van der Waals surface area contributed by atoms with E-state index in [-0.39, 0.29) is 25.7 Å². The highest BCUT2D eigenvalue weighted by Crippen LogP contribution is 2.45. The van der Waals surface area contributed by atoms with Gasteiger partial charge in [-0.2, -0.15) is 0 Å². The first-order valence-electron chi connectivity index (χ1n) is 42.4. The monoisotopic (exact) mass is 1480 g/mol. The van der Waals surface area contributed by atoms with Crippen LogP contribution in [-0.4, -0.2) is 96.7 Å². The molecule has 0 radical (unpaired) electrons. The Kier molecular flexibility index (Phi) is 70.9. The Hall–Kier alpha value is -1.94. The molecule has 3 N–H and O–H groups in total. The zero-order valence-corrected chi connectivity index (χ0v) is 68.2. The molecule has 0 aliphatic rings. The second-order valence-electron chi connectivity index (χ2n) is 30.7. The maximum atomic E-state index is 13.1. The van der Waals surface area contributed by atoms with E-state index in [0.717, 1.165) is 108 Å². The molecule has 0 heterocycles. The van der Waals surface area contributed by atoms with Crippen molar-refractivity contribution in [2.45, 2.75) is 446 Å². The van der Waals surface area contributed by atoms with Crippen molar-refractivity contribution in [1.82, 2.24) is 0 Å². The minimum absolute atomic E-state index is 0.105. The van der Waals surface area contributed by atoms with Gasteiger partial charge < -0.3 is 33.8 Å². The lowest BCUT2D eigenvalue weighted by atomic mass is 9.99. The topological polar surface area (TPSA) is 237 Å².